The van der Waals surface area contributed by atoms with Crippen LogP contribution in [0.15, 0.2) is 29.6 Å². The van der Waals surface area contributed by atoms with Gasteiger partial charge in [-0.15, -0.1) is 11.3 Å². The van der Waals surface area contributed by atoms with Crippen molar-refractivity contribution in [3.63, 3.8) is 0 Å². The number of hydrogen-bond acceptors (Lipinski definition) is 4. The Kier molecular flexibility index (Phi) is 4.55. The van der Waals surface area contributed by atoms with Gasteiger partial charge in [-0.3, -0.25) is 9.89 Å². The second kappa shape index (κ2) is 6.98. The number of rotatable bonds is 5. The number of carbonyl (C=O) groups excluding carboxylic acids is 1. The molecule has 1 aliphatic rings. The van der Waals surface area contributed by atoms with Gasteiger partial charge in [-0.1, -0.05) is 23.7 Å². The number of aromatic amines is 1. The first-order valence-electron chi connectivity index (χ1n) is 8.25. The fraction of sp³-hybridized carbons (Fsp3) is 0.278. The zero-order valence-corrected chi connectivity index (χ0v) is 15.1. The van der Waals surface area contributed by atoms with E-state index < -0.39 is 0 Å². The smallest absolute Gasteiger partial charge is 0.272 e. The van der Waals surface area contributed by atoms with Gasteiger partial charge < -0.3 is 5.32 Å². The first-order valence-corrected chi connectivity index (χ1v) is 9.51. The second-order valence-corrected chi connectivity index (χ2v) is 7.40. The van der Waals surface area contributed by atoms with Gasteiger partial charge in [-0.05, 0) is 31.4 Å². The normalized spacial score (nSPS) is 13.0. The molecule has 2 heterocycles. The molecule has 1 aliphatic carbocycles. The molecule has 2 aromatic heterocycles. The second-order valence-electron chi connectivity index (χ2n) is 6.02. The zero-order chi connectivity index (χ0) is 17.2. The quantitative estimate of drug-likeness (QED) is 0.718. The third-order valence-electron chi connectivity index (χ3n) is 4.34. The van der Waals surface area contributed by atoms with Crippen LogP contribution in [0.1, 0.15) is 33.2 Å². The summed E-state index contributed by atoms with van der Waals surface area (Å²) in [4.78, 5) is 16.9. The van der Waals surface area contributed by atoms with Gasteiger partial charge in [0.05, 0.1) is 10.7 Å². The fourth-order valence-electron chi connectivity index (χ4n) is 3.05. The molecule has 0 saturated heterocycles. The van der Waals surface area contributed by atoms with Crippen LogP contribution in [0.5, 0.6) is 0 Å². The molecule has 2 N–H and O–H groups in total. The Balaban J connectivity index is 1.34. The maximum absolute atomic E-state index is 12.3. The van der Waals surface area contributed by atoms with Gasteiger partial charge in [0.25, 0.3) is 5.91 Å². The summed E-state index contributed by atoms with van der Waals surface area (Å²) in [7, 11) is 0. The number of benzene rings is 1. The van der Waals surface area contributed by atoms with E-state index in [-0.39, 0.29) is 5.91 Å². The highest BCUT2D eigenvalue weighted by atomic mass is 35.5. The van der Waals surface area contributed by atoms with Crippen molar-refractivity contribution < 1.29 is 4.79 Å². The van der Waals surface area contributed by atoms with Crippen molar-refractivity contribution in [1.29, 1.82) is 0 Å². The van der Waals surface area contributed by atoms with E-state index in [0.29, 0.717) is 23.7 Å². The van der Waals surface area contributed by atoms with E-state index >= 15 is 0 Å². The van der Waals surface area contributed by atoms with Gasteiger partial charge in [0.2, 0.25) is 0 Å². The summed E-state index contributed by atoms with van der Waals surface area (Å²) >= 11 is 7.52. The lowest BCUT2D eigenvalue weighted by atomic mass is 10.2. The summed E-state index contributed by atoms with van der Waals surface area (Å²) < 4.78 is 0. The van der Waals surface area contributed by atoms with E-state index in [1.807, 2.05) is 29.6 Å². The van der Waals surface area contributed by atoms with Crippen LogP contribution < -0.4 is 5.32 Å². The summed E-state index contributed by atoms with van der Waals surface area (Å²) in [6.45, 7) is 0.550. The maximum atomic E-state index is 12.3. The topological polar surface area (TPSA) is 70.7 Å². The molecule has 0 fully saturated rings. The number of carbonyl (C=O) groups is 1. The number of amides is 1. The lowest BCUT2D eigenvalue weighted by Gasteiger charge is -2.02. The lowest BCUT2D eigenvalue weighted by Crippen LogP contribution is -2.26. The number of aryl methyl sites for hydroxylation is 1. The van der Waals surface area contributed by atoms with E-state index in [1.165, 1.54) is 0 Å². The standard InChI is InChI=1S/C18H17ClN4OS/c19-12-6-4-11(5-7-12)15-10-25-16(21-15)8-9-20-18(24)17-13-2-1-3-14(13)22-23-17/h4-7,10H,1-3,8-9H2,(H,20,24)(H,22,23). The molecule has 128 valence electrons. The van der Waals surface area contributed by atoms with Gasteiger partial charge in [-0.25, -0.2) is 4.98 Å². The Labute approximate surface area is 154 Å². The number of nitrogens with zero attached hydrogens (tertiary/aromatic N) is 2. The summed E-state index contributed by atoms with van der Waals surface area (Å²) in [5.74, 6) is -0.103. The van der Waals surface area contributed by atoms with Gasteiger partial charge in [0.1, 0.15) is 0 Å². The number of hydrogen-bond donors (Lipinski definition) is 2. The van der Waals surface area contributed by atoms with Crippen molar-refractivity contribution in [1.82, 2.24) is 20.5 Å². The van der Waals surface area contributed by atoms with Crippen LogP contribution in [0.4, 0.5) is 0 Å². The predicted molar refractivity (Wildman–Crippen MR) is 99.2 cm³/mol. The van der Waals surface area contributed by atoms with Gasteiger partial charge in [0, 0.05) is 40.2 Å². The number of nitrogens with one attached hydrogen (secondary N) is 2. The van der Waals surface area contributed by atoms with Gasteiger partial charge in [0.15, 0.2) is 5.69 Å². The summed E-state index contributed by atoms with van der Waals surface area (Å²) in [6, 6.07) is 7.64. The van der Waals surface area contributed by atoms with E-state index in [4.69, 9.17) is 11.6 Å². The number of aromatic nitrogens is 3. The molecule has 5 nitrogen and oxygen atoms in total. The molecule has 7 heteroatoms. The average molecular weight is 373 g/mol. The molecule has 0 aliphatic heterocycles. The van der Waals surface area contributed by atoms with Gasteiger partial charge in [-0.2, -0.15) is 5.10 Å². The zero-order valence-electron chi connectivity index (χ0n) is 13.5. The summed E-state index contributed by atoms with van der Waals surface area (Å²) in [5.41, 5.74) is 4.72. The number of fused-ring (bicyclic) bond motifs is 1. The molecule has 0 spiro atoms. The maximum Gasteiger partial charge on any atom is 0.272 e. The average Bonchev–Trinajstić information content (AvgIpc) is 3.32. The molecule has 0 unspecified atom stereocenters. The molecule has 0 bridgehead atoms. The molecule has 0 saturated carbocycles. The molecule has 1 aromatic carbocycles. The monoisotopic (exact) mass is 372 g/mol. The van der Waals surface area contributed by atoms with E-state index in [1.54, 1.807) is 11.3 Å². The van der Waals surface area contributed by atoms with Crippen molar-refractivity contribution in [3.05, 3.63) is 56.6 Å². The Morgan fingerprint density at radius 3 is 2.96 bits per heavy atom. The lowest BCUT2D eigenvalue weighted by molar-refractivity contribution is 0.0948. The van der Waals surface area contributed by atoms with Crippen molar-refractivity contribution in [2.75, 3.05) is 6.54 Å². The van der Waals surface area contributed by atoms with Crippen LogP contribution in [-0.4, -0.2) is 27.6 Å². The van der Waals surface area contributed by atoms with Crippen LogP contribution in [0.3, 0.4) is 0 Å². The van der Waals surface area contributed by atoms with Crippen molar-refractivity contribution in [2.45, 2.75) is 25.7 Å². The first kappa shape index (κ1) is 16.3. The van der Waals surface area contributed by atoms with Crippen molar-refractivity contribution >= 4 is 28.8 Å². The molecule has 25 heavy (non-hydrogen) atoms. The van der Waals surface area contributed by atoms with Crippen molar-refractivity contribution in [2.24, 2.45) is 0 Å². The molecule has 4 rings (SSSR count). The van der Waals surface area contributed by atoms with E-state index in [9.17, 15) is 4.79 Å². The Morgan fingerprint density at radius 1 is 1.28 bits per heavy atom. The number of H-pyrrole nitrogens is 1. The third kappa shape index (κ3) is 3.45. The first-order chi connectivity index (χ1) is 12.2. The molecule has 0 radical (unpaired) electrons. The molecule has 3 aromatic rings. The molecular formula is C18H17ClN4OS. The molecule has 0 atom stereocenters. The molecular weight excluding hydrogens is 356 g/mol. The highest BCUT2D eigenvalue weighted by molar-refractivity contribution is 7.09. The van der Waals surface area contributed by atoms with E-state index in [2.05, 4.69) is 20.5 Å². The van der Waals surface area contributed by atoms with Crippen LogP contribution in [0.25, 0.3) is 11.3 Å². The summed E-state index contributed by atoms with van der Waals surface area (Å²) in [5, 5.41) is 13.8. The highest BCUT2D eigenvalue weighted by Crippen LogP contribution is 2.24. The van der Waals surface area contributed by atoms with Crippen molar-refractivity contribution in [3.8, 4) is 11.3 Å². The minimum atomic E-state index is -0.103. The van der Waals surface area contributed by atoms with Crippen LogP contribution in [-0.2, 0) is 19.3 Å². The van der Waals surface area contributed by atoms with Crippen LogP contribution in [0.2, 0.25) is 5.02 Å². The summed E-state index contributed by atoms with van der Waals surface area (Å²) in [6.07, 6.45) is 3.72. The largest absolute Gasteiger partial charge is 0.350 e. The van der Waals surface area contributed by atoms with Gasteiger partial charge >= 0.3 is 0 Å². The Bertz CT molecular complexity index is 900. The predicted octanol–water partition coefficient (Wildman–Crippen LogP) is 3.65. The van der Waals surface area contributed by atoms with Crippen LogP contribution >= 0.6 is 22.9 Å². The minimum Gasteiger partial charge on any atom is -0.350 e. The molecule has 1 amide bonds. The van der Waals surface area contributed by atoms with Crippen LogP contribution in [0, 0.1) is 0 Å². The Hall–Kier alpha value is -2.18. The fourth-order valence-corrected chi connectivity index (χ4v) is 3.99. The number of thiazole rings is 1. The minimum absolute atomic E-state index is 0.103. The SMILES string of the molecule is O=C(NCCc1nc(-c2ccc(Cl)cc2)cs1)c1n[nH]c2c1CCC2. The Morgan fingerprint density at radius 2 is 2.12 bits per heavy atom. The highest BCUT2D eigenvalue weighted by Gasteiger charge is 2.22. The third-order valence-corrected chi connectivity index (χ3v) is 5.50. The van der Waals surface area contributed by atoms with E-state index in [0.717, 1.165) is 46.8 Å². The number of halogens is 1.